The maximum absolute atomic E-state index is 14.5. The lowest BCUT2D eigenvalue weighted by Gasteiger charge is -2.42. The van der Waals surface area contributed by atoms with Crippen molar-refractivity contribution in [3.05, 3.63) is 29.6 Å². The van der Waals surface area contributed by atoms with Gasteiger partial charge in [0, 0.05) is 38.9 Å². The molecule has 192 valence electrons. The van der Waals surface area contributed by atoms with Crippen LogP contribution in [-0.4, -0.2) is 67.3 Å². The predicted octanol–water partition coefficient (Wildman–Crippen LogP) is 2.93. The van der Waals surface area contributed by atoms with Crippen LogP contribution >= 0.6 is 0 Å². The standard InChI is InChI=1S/C21H25F4N5O4S/c1-21(24,25)19-27-20(34-28-19)29-8-5-12(6-9-29)30-7-3-4-16(18(30)31)26-17-14(22)10-13(11-15(17)23)35(2,32)33/h10-12,16,26H,3-9H2,1-2H3/t16-/m0/s1. The zero-order valence-electron chi connectivity index (χ0n) is 19.1. The van der Waals surface area contributed by atoms with E-state index in [9.17, 15) is 30.8 Å². The summed E-state index contributed by atoms with van der Waals surface area (Å²) in [5, 5.41) is 5.94. The van der Waals surface area contributed by atoms with Crippen molar-refractivity contribution in [2.75, 3.05) is 36.1 Å². The van der Waals surface area contributed by atoms with Gasteiger partial charge >= 0.3 is 11.9 Å². The number of rotatable bonds is 6. The number of piperidine rings is 2. The number of sulfone groups is 1. The summed E-state index contributed by atoms with van der Waals surface area (Å²) in [6, 6.07) is 0.409. The number of alkyl halides is 2. The number of amides is 1. The number of halogens is 4. The second kappa shape index (κ2) is 9.28. The topological polar surface area (TPSA) is 109 Å². The van der Waals surface area contributed by atoms with Gasteiger partial charge in [0.2, 0.25) is 11.7 Å². The van der Waals surface area contributed by atoms with Crippen LogP contribution in [0.2, 0.25) is 0 Å². The molecule has 0 unspecified atom stereocenters. The number of hydrogen-bond donors (Lipinski definition) is 1. The summed E-state index contributed by atoms with van der Waals surface area (Å²) in [7, 11) is -3.80. The number of nitrogens with zero attached hydrogens (tertiary/aromatic N) is 4. The van der Waals surface area contributed by atoms with Crippen LogP contribution in [0.3, 0.4) is 0 Å². The van der Waals surface area contributed by atoms with Crippen LogP contribution in [0, 0.1) is 11.6 Å². The Labute approximate surface area is 199 Å². The molecule has 9 nitrogen and oxygen atoms in total. The molecule has 1 aromatic heterocycles. The van der Waals surface area contributed by atoms with Gasteiger partial charge in [-0.2, -0.15) is 13.8 Å². The van der Waals surface area contributed by atoms with E-state index in [4.69, 9.17) is 4.52 Å². The first kappa shape index (κ1) is 25.2. The highest BCUT2D eigenvalue weighted by Gasteiger charge is 2.37. The van der Waals surface area contributed by atoms with Gasteiger partial charge in [-0.25, -0.2) is 17.2 Å². The van der Waals surface area contributed by atoms with E-state index in [1.807, 2.05) is 0 Å². The van der Waals surface area contributed by atoms with E-state index < -0.39 is 49.8 Å². The highest BCUT2D eigenvalue weighted by molar-refractivity contribution is 7.90. The average molecular weight is 520 g/mol. The fourth-order valence-electron chi connectivity index (χ4n) is 4.36. The summed E-state index contributed by atoms with van der Waals surface area (Å²) in [5.41, 5.74) is -0.549. The first-order valence-corrected chi connectivity index (χ1v) is 13.0. The summed E-state index contributed by atoms with van der Waals surface area (Å²) in [6.45, 7) is 1.96. The SMILES string of the molecule is CC(F)(F)c1noc(N2CCC(N3CCC[C@H](Nc4c(F)cc(S(C)(=O)=O)cc4F)C3=O)CC2)n1. The van der Waals surface area contributed by atoms with Crippen LogP contribution in [0.4, 0.5) is 29.3 Å². The molecule has 14 heteroatoms. The summed E-state index contributed by atoms with van der Waals surface area (Å²) >= 11 is 0. The van der Waals surface area contributed by atoms with E-state index in [0.29, 0.717) is 52.2 Å². The highest BCUT2D eigenvalue weighted by atomic mass is 32.2. The lowest BCUT2D eigenvalue weighted by atomic mass is 9.97. The number of nitrogens with one attached hydrogen (secondary N) is 1. The van der Waals surface area contributed by atoms with Crippen molar-refractivity contribution >= 4 is 27.4 Å². The van der Waals surface area contributed by atoms with Gasteiger partial charge in [-0.1, -0.05) is 5.16 Å². The average Bonchev–Trinajstić information content (AvgIpc) is 3.28. The molecular formula is C21H25F4N5O4S. The molecule has 2 aromatic rings. The molecule has 1 amide bonds. The molecule has 35 heavy (non-hydrogen) atoms. The van der Waals surface area contributed by atoms with E-state index >= 15 is 0 Å². The maximum atomic E-state index is 14.5. The number of likely N-dealkylation sites (tertiary alicyclic amines) is 1. The molecule has 2 fully saturated rings. The van der Waals surface area contributed by atoms with Crippen LogP contribution < -0.4 is 10.2 Å². The van der Waals surface area contributed by atoms with Crippen LogP contribution in [0.15, 0.2) is 21.6 Å². The van der Waals surface area contributed by atoms with E-state index in [1.165, 1.54) is 0 Å². The maximum Gasteiger partial charge on any atom is 0.324 e. The number of carbonyl (C=O) groups is 1. The van der Waals surface area contributed by atoms with Crippen LogP contribution in [0.25, 0.3) is 0 Å². The minimum atomic E-state index is -3.80. The molecule has 0 bridgehead atoms. The second-order valence-corrected chi connectivity index (χ2v) is 10.9. The van der Waals surface area contributed by atoms with Gasteiger partial charge in [-0.05, 0) is 37.8 Å². The first-order chi connectivity index (χ1) is 16.3. The van der Waals surface area contributed by atoms with Crippen LogP contribution in [-0.2, 0) is 20.6 Å². The smallest absolute Gasteiger partial charge is 0.324 e. The zero-order chi connectivity index (χ0) is 25.5. The van der Waals surface area contributed by atoms with E-state index in [-0.39, 0.29) is 18.0 Å². The number of anilines is 2. The lowest BCUT2D eigenvalue weighted by Crippen LogP contribution is -2.54. The molecule has 0 spiro atoms. The fraction of sp³-hybridized carbons (Fsp3) is 0.571. The van der Waals surface area contributed by atoms with Gasteiger partial charge in [0.05, 0.1) is 4.90 Å². The number of carbonyl (C=O) groups excluding carboxylic acids is 1. The second-order valence-electron chi connectivity index (χ2n) is 8.91. The Bertz CT molecular complexity index is 1190. The van der Waals surface area contributed by atoms with Crippen molar-refractivity contribution in [1.29, 1.82) is 0 Å². The van der Waals surface area contributed by atoms with Crippen LogP contribution in [0.1, 0.15) is 38.4 Å². The van der Waals surface area contributed by atoms with Gasteiger partial charge in [0.25, 0.3) is 0 Å². The molecule has 0 aliphatic carbocycles. The van der Waals surface area contributed by atoms with Gasteiger partial charge in [-0.15, -0.1) is 0 Å². The number of aromatic nitrogens is 2. The Kier molecular flexibility index (Phi) is 6.68. The van der Waals surface area contributed by atoms with E-state index in [1.54, 1.807) is 9.80 Å². The summed E-state index contributed by atoms with van der Waals surface area (Å²) < 4.78 is 83.9. The van der Waals surface area contributed by atoms with Crippen molar-refractivity contribution in [3.63, 3.8) is 0 Å². The molecular weight excluding hydrogens is 494 g/mol. The van der Waals surface area contributed by atoms with Crippen molar-refractivity contribution in [1.82, 2.24) is 15.0 Å². The van der Waals surface area contributed by atoms with Gasteiger partial charge in [-0.3, -0.25) is 4.79 Å². The van der Waals surface area contributed by atoms with Crippen molar-refractivity contribution in [2.24, 2.45) is 0 Å². The highest BCUT2D eigenvalue weighted by Crippen LogP contribution is 2.30. The fourth-order valence-corrected chi connectivity index (χ4v) is 5.00. The van der Waals surface area contributed by atoms with E-state index in [0.717, 1.165) is 18.4 Å². The normalized spacial score (nSPS) is 20.4. The summed E-state index contributed by atoms with van der Waals surface area (Å²) in [5.74, 6) is -6.42. The van der Waals surface area contributed by atoms with Gasteiger partial charge < -0.3 is 19.6 Å². The Hall–Kier alpha value is -2.90. The minimum absolute atomic E-state index is 0.00650. The van der Waals surface area contributed by atoms with Crippen molar-refractivity contribution in [2.45, 2.75) is 55.5 Å². The molecule has 0 saturated carbocycles. The minimum Gasteiger partial charge on any atom is -0.369 e. The number of benzene rings is 1. The first-order valence-electron chi connectivity index (χ1n) is 11.1. The van der Waals surface area contributed by atoms with Crippen molar-refractivity contribution in [3.8, 4) is 0 Å². The Morgan fingerprint density at radius 3 is 2.29 bits per heavy atom. The van der Waals surface area contributed by atoms with E-state index in [2.05, 4.69) is 15.5 Å². The molecule has 2 saturated heterocycles. The molecule has 1 aromatic carbocycles. The van der Waals surface area contributed by atoms with Gasteiger partial charge in [0.15, 0.2) is 21.5 Å². The van der Waals surface area contributed by atoms with Crippen molar-refractivity contribution < 1.29 is 35.3 Å². The Morgan fingerprint density at radius 2 is 1.74 bits per heavy atom. The third-order valence-electron chi connectivity index (χ3n) is 6.22. The summed E-state index contributed by atoms with van der Waals surface area (Å²) in [4.78, 5) is 19.7. The van der Waals surface area contributed by atoms with Crippen LogP contribution in [0.5, 0.6) is 0 Å². The molecule has 1 atom stereocenters. The predicted molar refractivity (Wildman–Crippen MR) is 117 cm³/mol. The van der Waals surface area contributed by atoms with Gasteiger partial charge in [0.1, 0.15) is 11.7 Å². The molecule has 4 rings (SSSR count). The largest absolute Gasteiger partial charge is 0.369 e. The Balaban J connectivity index is 1.41. The quantitative estimate of drug-likeness (QED) is 0.581. The third-order valence-corrected chi connectivity index (χ3v) is 7.31. The molecule has 3 heterocycles. The lowest BCUT2D eigenvalue weighted by molar-refractivity contribution is -0.137. The monoisotopic (exact) mass is 519 g/mol. The zero-order valence-corrected chi connectivity index (χ0v) is 19.9. The molecule has 0 radical (unpaired) electrons. The summed E-state index contributed by atoms with van der Waals surface area (Å²) in [6.07, 6.45) is 2.84. The molecule has 2 aliphatic rings. The molecule has 2 aliphatic heterocycles. The third kappa shape index (κ3) is 5.36. The molecule has 1 N–H and O–H groups in total. The Morgan fingerprint density at radius 1 is 1.11 bits per heavy atom. The number of hydrogen-bond acceptors (Lipinski definition) is 8.